The first-order valence-corrected chi connectivity index (χ1v) is 6.55. The molecule has 0 aromatic carbocycles. The van der Waals surface area contributed by atoms with E-state index in [1.54, 1.807) is 0 Å². The molecule has 0 aromatic heterocycles. The molecule has 0 saturated carbocycles. The Hall–Kier alpha value is -0.710. The highest BCUT2D eigenvalue weighted by atomic mass is 16.7. The van der Waals surface area contributed by atoms with Gasteiger partial charge in [0.15, 0.2) is 5.79 Å². The summed E-state index contributed by atoms with van der Waals surface area (Å²) < 4.78 is 17.3. The minimum Gasteiger partial charge on any atom is -0.367 e. The van der Waals surface area contributed by atoms with E-state index in [4.69, 9.17) is 14.2 Å². The second-order valence-electron chi connectivity index (χ2n) is 5.49. The summed E-state index contributed by atoms with van der Waals surface area (Å²) in [4.78, 5) is 12.0. The normalized spacial score (nSPS) is 40.6. The van der Waals surface area contributed by atoms with Crippen LogP contribution >= 0.6 is 0 Å². The Morgan fingerprint density at radius 2 is 2.06 bits per heavy atom. The molecular weight excluding hydrogens is 232 g/mol. The van der Waals surface area contributed by atoms with Gasteiger partial charge in [-0.3, -0.25) is 4.79 Å². The number of hydrogen-bond acceptors (Lipinski definition) is 4. The van der Waals surface area contributed by atoms with Gasteiger partial charge < -0.3 is 14.2 Å². The molecule has 102 valence electrons. The number of allylic oxidation sites excluding steroid dienone is 1. The van der Waals surface area contributed by atoms with E-state index >= 15 is 0 Å². The van der Waals surface area contributed by atoms with Crippen molar-refractivity contribution >= 4 is 5.78 Å². The minimum atomic E-state index is -0.573. The highest BCUT2D eigenvalue weighted by Gasteiger charge is 2.43. The third-order valence-corrected chi connectivity index (χ3v) is 3.56. The Labute approximate surface area is 108 Å². The molecule has 0 spiro atoms. The van der Waals surface area contributed by atoms with Gasteiger partial charge in [-0.25, -0.2) is 0 Å². The molecule has 2 heterocycles. The van der Waals surface area contributed by atoms with Gasteiger partial charge in [0.25, 0.3) is 0 Å². The van der Waals surface area contributed by atoms with E-state index in [1.165, 1.54) is 0 Å². The topological polar surface area (TPSA) is 44.8 Å². The maximum atomic E-state index is 12.0. The zero-order valence-corrected chi connectivity index (χ0v) is 11.5. The Morgan fingerprint density at radius 3 is 2.61 bits per heavy atom. The minimum absolute atomic E-state index is 0.0761. The van der Waals surface area contributed by atoms with Crippen molar-refractivity contribution < 1.29 is 19.0 Å². The monoisotopic (exact) mass is 254 g/mol. The Kier molecular flexibility index (Phi) is 3.90. The molecule has 0 aromatic rings. The van der Waals surface area contributed by atoms with Crippen molar-refractivity contribution in [3.8, 4) is 0 Å². The predicted octanol–water partition coefficient (Wildman–Crippen LogP) is 2.08. The number of Topliss-reactive ketones (excluding diaryl/α,β-unsaturated/α-hetero) is 1. The molecule has 2 aliphatic rings. The summed E-state index contributed by atoms with van der Waals surface area (Å²) >= 11 is 0. The maximum absolute atomic E-state index is 12.0. The fraction of sp³-hybridized carbons (Fsp3) is 0.786. The third-order valence-electron chi connectivity index (χ3n) is 3.56. The summed E-state index contributed by atoms with van der Waals surface area (Å²) in [5, 5.41) is 0. The summed E-state index contributed by atoms with van der Waals surface area (Å²) in [6.07, 6.45) is 3.79. The summed E-state index contributed by atoms with van der Waals surface area (Å²) in [7, 11) is 0. The van der Waals surface area contributed by atoms with Gasteiger partial charge in [-0.15, -0.1) is 0 Å². The van der Waals surface area contributed by atoms with E-state index in [2.05, 4.69) is 0 Å². The van der Waals surface area contributed by atoms with Crippen molar-refractivity contribution in [1.82, 2.24) is 0 Å². The second kappa shape index (κ2) is 5.11. The highest BCUT2D eigenvalue weighted by Crippen LogP contribution is 2.31. The molecule has 0 aliphatic carbocycles. The van der Waals surface area contributed by atoms with Crippen LogP contribution in [0.5, 0.6) is 0 Å². The predicted molar refractivity (Wildman–Crippen MR) is 67.2 cm³/mol. The Morgan fingerprint density at radius 1 is 1.33 bits per heavy atom. The van der Waals surface area contributed by atoms with Gasteiger partial charge in [0.05, 0.1) is 18.8 Å². The van der Waals surface area contributed by atoms with Gasteiger partial charge >= 0.3 is 0 Å². The number of ether oxygens (including phenoxy) is 3. The first kappa shape index (κ1) is 13.7. The van der Waals surface area contributed by atoms with Crippen molar-refractivity contribution in [3.63, 3.8) is 0 Å². The highest BCUT2D eigenvalue weighted by molar-refractivity contribution is 5.82. The number of ketones is 1. The molecule has 0 N–H and O–H groups in total. The van der Waals surface area contributed by atoms with E-state index in [0.717, 1.165) is 0 Å². The maximum Gasteiger partial charge on any atom is 0.163 e. The van der Waals surface area contributed by atoms with Gasteiger partial charge in [-0.2, -0.15) is 0 Å². The SMILES string of the molecule is C/C=C/[C@H]1O[C@@H]([C@H]2COC(C)(C)O2)CC(=O)[C@H]1C. The Bertz CT molecular complexity index is 348. The first-order valence-electron chi connectivity index (χ1n) is 6.55. The van der Waals surface area contributed by atoms with E-state index < -0.39 is 5.79 Å². The van der Waals surface area contributed by atoms with Crippen molar-refractivity contribution in [2.24, 2.45) is 5.92 Å². The van der Waals surface area contributed by atoms with Crippen LogP contribution < -0.4 is 0 Å². The average molecular weight is 254 g/mol. The average Bonchev–Trinajstić information content (AvgIpc) is 2.65. The zero-order chi connectivity index (χ0) is 13.3. The molecule has 4 nitrogen and oxygen atoms in total. The molecule has 2 rings (SSSR count). The van der Waals surface area contributed by atoms with Crippen molar-refractivity contribution in [3.05, 3.63) is 12.2 Å². The lowest BCUT2D eigenvalue weighted by Gasteiger charge is -2.34. The van der Waals surface area contributed by atoms with Crippen LogP contribution in [0.1, 0.15) is 34.1 Å². The van der Waals surface area contributed by atoms with Gasteiger partial charge in [0.1, 0.15) is 11.9 Å². The molecule has 2 aliphatic heterocycles. The number of carbonyl (C=O) groups excluding carboxylic acids is 1. The van der Waals surface area contributed by atoms with Crippen LogP contribution in [0.4, 0.5) is 0 Å². The lowest BCUT2D eigenvalue weighted by molar-refractivity contribution is -0.175. The molecule has 2 saturated heterocycles. The van der Waals surface area contributed by atoms with Crippen molar-refractivity contribution in [2.75, 3.05) is 6.61 Å². The van der Waals surface area contributed by atoms with Gasteiger partial charge in [0, 0.05) is 12.3 Å². The van der Waals surface area contributed by atoms with Crippen molar-refractivity contribution in [1.29, 1.82) is 0 Å². The number of hydrogen-bond donors (Lipinski definition) is 0. The summed E-state index contributed by atoms with van der Waals surface area (Å²) in [6, 6.07) is 0. The Balaban J connectivity index is 2.04. The van der Waals surface area contributed by atoms with Crippen LogP contribution in [-0.2, 0) is 19.0 Å². The third kappa shape index (κ3) is 2.82. The van der Waals surface area contributed by atoms with E-state index in [9.17, 15) is 4.79 Å². The summed E-state index contributed by atoms with van der Waals surface area (Å²) in [5.74, 6) is -0.411. The molecule has 0 amide bonds. The zero-order valence-electron chi connectivity index (χ0n) is 11.5. The number of carbonyl (C=O) groups is 1. The molecule has 0 unspecified atom stereocenters. The summed E-state index contributed by atoms with van der Waals surface area (Å²) in [6.45, 7) is 8.09. The van der Waals surface area contributed by atoms with E-state index in [0.29, 0.717) is 13.0 Å². The molecule has 0 radical (unpaired) electrons. The van der Waals surface area contributed by atoms with E-state index in [1.807, 2.05) is 39.8 Å². The standard InChI is InChI=1S/C14H22O4/c1-5-6-11-9(2)10(15)7-12(17-11)13-8-16-14(3,4)18-13/h5-6,9,11-13H,7-8H2,1-4H3/b6-5+/t9-,11-,12-,13-/m1/s1. The molecule has 2 fully saturated rings. The van der Waals surface area contributed by atoms with Crippen molar-refractivity contribution in [2.45, 2.75) is 58.2 Å². The van der Waals surface area contributed by atoms with Crippen LogP contribution in [0.2, 0.25) is 0 Å². The summed E-state index contributed by atoms with van der Waals surface area (Å²) in [5.41, 5.74) is 0. The van der Waals surface area contributed by atoms with Crippen LogP contribution in [0.15, 0.2) is 12.2 Å². The van der Waals surface area contributed by atoms with E-state index in [-0.39, 0.29) is 30.0 Å². The van der Waals surface area contributed by atoms with Crippen LogP contribution in [0.25, 0.3) is 0 Å². The molecular formula is C14H22O4. The van der Waals surface area contributed by atoms with Crippen LogP contribution in [0, 0.1) is 5.92 Å². The quantitative estimate of drug-likeness (QED) is 0.708. The lowest BCUT2D eigenvalue weighted by atomic mass is 9.90. The van der Waals surface area contributed by atoms with Gasteiger partial charge in [0.2, 0.25) is 0 Å². The fourth-order valence-electron chi connectivity index (χ4n) is 2.45. The molecule has 4 atom stereocenters. The lowest BCUT2D eigenvalue weighted by Crippen LogP contribution is -2.45. The molecule has 0 bridgehead atoms. The molecule has 4 heteroatoms. The van der Waals surface area contributed by atoms with Gasteiger partial charge in [-0.1, -0.05) is 19.1 Å². The van der Waals surface area contributed by atoms with Gasteiger partial charge in [-0.05, 0) is 20.8 Å². The second-order valence-corrected chi connectivity index (χ2v) is 5.49. The smallest absolute Gasteiger partial charge is 0.163 e. The first-order chi connectivity index (χ1) is 8.43. The van der Waals surface area contributed by atoms with Crippen LogP contribution in [0.3, 0.4) is 0 Å². The fourth-order valence-corrected chi connectivity index (χ4v) is 2.45. The number of rotatable bonds is 2. The van der Waals surface area contributed by atoms with Crippen LogP contribution in [-0.4, -0.2) is 36.5 Å². The largest absolute Gasteiger partial charge is 0.367 e. The molecule has 18 heavy (non-hydrogen) atoms.